The molecule has 0 radical (unpaired) electrons. The van der Waals surface area contributed by atoms with Gasteiger partial charge in [-0.1, -0.05) is 29.8 Å². The van der Waals surface area contributed by atoms with Crippen LogP contribution in [0.15, 0.2) is 52.9 Å². The number of pyridine rings is 1. The Hall–Kier alpha value is -3.39. The van der Waals surface area contributed by atoms with Crippen LogP contribution in [0, 0.1) is 6.92 Å². The van der Waals surface area contributed by atoms with Gasteiger partial charge in [0.15, 0.2) is 5.75 Å². The third-order valence-corrected chi connectivity index (χ3v) is 5.44. The molecule has 2 N–H and O–H groups in total. The molecule has 0 spiro atoms. The zero-order valence-electron chi connectivity index (χ0n) is 15.0. The molecule has 3 aromatic heterocycles. The van der Waals surface area contributed by atoms with Crippen LogP contribution in [0.2, 0.25) is 0 Å². The molecule has 0 unspecified atom stereocenters. The summed E-state index contributed by atoms with van der Waals surface area (Å²) in [4.78, 5) is 24.0. The fraction of sp³-hybridized carbons (Fsp3) is 0.150. The molecule has 0 aliphatic rings. The number of carboxylic acid groups (broad SMARTS) is 1. The van der Waals surface area contributed by atoms with Gasteiger partial charge >= 0.3 is 5.97 Å². The van der Waals surface area contributed by atoms with E-state index in [9.17, 15) is 19.8 Å². The molecule has 4 rings (SSSR count). The fourth-order valence-electron chi connectivity index (χ4n) is 3.26. The van der Waals surface area contributed by atoms with Gasteiger partial charge in [-0.3, -0.25) is 14.0 Å². The fourth-order valence-corrected chi connectivity index (χ4v) is 4.20. The van der Waals surface area contributed by atoms with Gasteiger partial charge in [-0.15, -0.1) is 11.3 Å². The molecular weight excluding hydrogens is 378 g/mol. The second kappa shape index (κ2) is 6.97. The van der Waals surface area contributed by atoms with Crippen LogP contribution in [0.4, 0.5) is 0 Å². The average Bonchev–Trinajstić information content (AvgIpc) is 3.28. The van der Waals surface area contributed by atoms with Crippen LogP contribution in [0.1, 0.15) is 27.0 Å². The van der Waals surface area contributed by atoms with Gasteiger partial charge in [0.2, 0.25) is 0 Å². The summed E-state index contributed by atoms with van der Waals surface area (Å²) < 4.78 is 3.53. The number of benzene rings is 1. The Morgan fingerprint density at radius 1 is 1.21 bits per heavy atom. The van der Waals surface area contributed by atoms with Crippen LogP contribution < -0.4 is 5.56 Å². The summed E-state index contributed by atoms with van der Waals surface area (Å²) in [5.74, 6) is -2.06. The zero-order chi connectivity index (χ0) is 19.8. The van der Waals surface area contributed by atoms with Gasteiger partial charge in [-0.2, -0.15) is 5.10 Å². The molecule has 3 heterocycles. The van der Waals surface area contributed by atoms with Crippen LogP contribution in [-0.2, 0) is 13.1 Å². The third-order valence-electron chi connectivity index (χ3n) is 4.52. The highest BCUT2D eigenvalue weighted by atomic mass is 32.1. The smallest absolute Gasteiger partial charge is 0.341 e. The standard InChI is InChI=1S/C20H17N3O4S/c1-12-3-2-4-13(7-12)9-22-10-14(8-21-22)11-23-15-5-6-28-18(15)16(20(26)27)17(24)19(23)25/h2-8,10,24H,9,11H2,1H3,(H,26,27). The van der Waals surface area contributed by atoms with Gasteiger partial charge in [-0.25, -0.2) is 4.79 Å². The number of fused-ring (bicyclic) bond motifs is 1. The van der Waals surface area contributed by atoms with Crippen molar-refractivity contribution in [3.63, 3.8) is 0 Å². The summed E-state index contributed by atoms with van der Waals surface area (Å²) in [7, 11) is 0. The minimum absolute atomic E-state index is 0.188. The Balaban J connectivity index is 1.68. The molecule has 8 heteroatoms. The lowest BCUT2D eigenvalue weighted by Gasteiger charge is -2.10. The van der Waals surface area contributed by atoms with Crippen molar-refractivity contribution in [3.8, 4) is 5.75 Å². The molecule has 28 heavy (non-hydrogen) atoms. The van der Waals surface area contributed by atoms with Gasteiger partial charge in [0.25, 0.3) is 5.56 Å². The number of aromatic nitrogens is 3. The van der Waals surface area contributed by atoms with Crippen molar-refractivity contribution in [3.05, 3.63) is 80.7 Å². The summed E-state index contributed by atoms with van der Waals surface area (Å²) in [6, 6.07) is 9.82. The highest BCUT2D eigenvalue weighted by molar-refractivity contribution is 7.17. The van der Waals surface area contributed by atoms with E-state index in [1.807, 2.05) is 31.3 Å². The number of aromatic hydroxyl groups is 1. The number of hydrogen-bond donors (Lipinski definition) is 2. The zero-order valence-corrected chi connectivity index (χ0v) is 15.8. The number of aromatic carboxylic acids is 1. The largest absolute Gasteiger partial charge is 0.502 e. The van der Waals surface area contributed by atoms with E-state index in [0.717, 1.165) is 11.1 Å². The number of carboxylic acids is 1. The van der Waals surface area contributed by atoms with Gasteiger partial charge in [0.05, 0.1) is 29.5 Å². The molecule has 0 amide bonds. The van der Waals surface area contributed by atoms with Crippen LogP contribution in [0.5, 0.6) is 5.75 Å². The minimum atomic E-state index is -1.32. The molecule has 0 atom stereocenters. The summed E-state index contributed by atoms with van der Waals surface area (Å²) in [6.45, 7) is 2.82. The molecule has 0 fully saturated rings. The molecule has 4 aromatic rings. The van der Waals surface area contributed by atoms with Crippen molar-refractivity contribution in [1.82, 2.24) is 14.3 Å². The predicted octanol–water partition coefficient (Wildman–Crippen LogP) is 3.07. The first-order valence-corrected chi connectivity index (χ1v) is 9.45. The quantitative estimate of drug-likeness (QED) is 0.541. The highest BCUT2D eigenvalue weighted by Crippen LogP contribution is 2.29. The van der Waals surface area contributed by atoms with E-state index in [1.165, 1.54) is 21.5 Å². The maximum Gasteiger partial charge on any atom is 0.341 e. The molecular formula is C20H17N3O4S. The Kier molecular flexibility index (Phi) is 4.48. The summed E-state index contributed by atoms with van der Waals surface area (Å²) in [5.41, 5.74) is 2.48. The Morgan fingerprint density at radius 2 is 2.04 bits per heavy atom. The number of rotatable bonds is 5. The normalized spacial score (nSPS) is 11.2. The van der Waals surface area contributed by atoms with Crippen molar-refractivity contribution in [2.45, 2.75) is 20.0 Å². The molecule has 0 saturated heterocycles. The van der Waals surface area contributed by atoms with Crippen molar-refractivity contribution in [1.29, 1.82) is 0 Å². The first kappa shape index (κ1) is 18.0. The number of nitrogens with zero attached hydrogens (tertiary/aromatic N) is 3. The summed E-state index contributed by atoms with van der Waals surface area (Å²) in [5, 5.41) is 25.5. The second-order valence-corrected chi connectivity index (χ2v) is 7.51. The van der Waals surface area contributed by atoms with Crippen LogP contribution in [0.25, 0.3) is 10.2 Å². The van der Waals surface area contributed by atoms with E-state index < -0.39 is 17.3 Å². The molecule has 0 bridgehead atoms. The van der Waals surface area contributed by atoms with Gasteiger partial charge in [-0.05, 0) is 23.9 Å². The molecule has 0 aliphatic carbocycles. The molecule has 1 aromatic carbocycles. The molecule has 0 saturated carbocycles. The first-order valence-electron chi connectivity index (χ1n) is 8.57. The van der Waals surface area contributed by atoms with Crippen molar-refractivity contribution < 1.29 is 15.0 Å². The van der Waals surface area contributed by atoms with E-state index in [2.05, 4.69) is 11.2 Å². The Labute approximate surface area is 163 Å². The van der Waals surface area contributed by atoms with Crippen LogP contribution in [-0.4, -0.2) is 30.5 Å². The van der Waals surface area contributed by atoms with E-state index in [1.54, 1.807) is 22.3 Å². The van der Waals surface area contributed by atoms with Gasteiger partial charge < -0.3 is 10.2 Å². The predicted molar refractivity (Wildman–Crippen MR) is 106 cm³/mol. The van der Waals surface area contributed by atoms with E-state index in [-0.39, 0.29) is 12.1 Å². The van der Waals surface area contributed by atoms with E-state index >= 15 is 0 Å². The lowest BCUT2D eigenvalue weighted by Crippen LogP contribution is -2.22. The Morgan fingerprint density at radius 3 is 2.79 bits per heavy atom. The van der Waals surface area contributed by atoms with Gasteiger partial charge in [0.1, 0.15) is 5.56 Å². The molecule has 142 valence electrons. The van der Waals surface area contributed by atoms with Crippen LogP contribution in [0.3, 0.4) is 0 Å². The topological polar surface area (TPSA) is 97.3 Å². The number of aryl methyl sites for hydroxylation is 1. The summed E-state index contributed by atoms with van der Waals surface area (Å²) in [6.07, 6.45) is 3.51. The SMILES string of the molecule is Cc1cccc(Cn2cc(Cn3c(=O)c(O)c(C(=O)O)c4sccc43)cn2)c1. The number of hydrogen-bond acceptors (Lipinski definition) is 5. The average molecular weight is 395 g/mol. The molecule has 7 nitrogen and oxygen atoms in total. The maximum absolute atomic E-state index is 12.6. The second-order valence-electron chi connectivity index (χ2n) is 6.59. The third kappa shape index (κ3) is 3.18. The van der Waals surface area contributed by atoms with Crippen molar-refractivity contribution >= 4 is 27.5 Å². The monoisotopic (exact) mass is 395 g/mol. The van der Waals surface area contributed by atoms with Crippen LogP contribution >= 0.6 is 11.3 Å². The van der Waals surface area contributed by atoms with E-state index in [0.29, 0.717) is 16.8 Å². The minimum Gasteiger partial charge on any atom is -0.502 e. The lowest BCUT2D eigenvalue weighted by atomic mass is 10.1. The highest BCUT2D eigenvalue weighted by Gasteiger charge is 2.22. The first-order chi connectivity index (χ1) is 13.4. The number of thiophene rings is 1. The van der Waals surface area contributed by atoms with E-state index in [4.69, 9.17) is 0 Å². The van der Waals surface area contributed by atoms with Gasteiger partial charge in [0, 0.05) is 11.8 Å². The van der Waals surface area contributed by atoms with Crippen molar-refractivity contribution in [2.75, 3.05) is 0 Å². The van der Waals surface area contributed by atoms with Crippen molar-refractivity contribution in [2.24, 2.45) is 0 Å². The maximum atomic E-state index is 12.6. The molecule has 0 aliphatic heterocycles. The summed E-state index contributed by atoms with van der Waals surface area (Å²) >= 11 is 1.18. The lowest BCUT2D eigenvalue weighted by molar-refractivity contribution is 0.0695. The Bertz CT molecular complexity index is 1250. The number of carbonyl (C=O) groups is 1.